The molecule has 3 heteroatoms. The molecule has 0 bridgehead atoms. The first kappa shape index (κ1) is 10.4. The van der Waals surface area contributed by atoms with E-state index in [2.05, 4.69) is 59.7 Å². The van der Waals surface area contributed by atoms with Crippen molar-refractivity contribution in [1.29, 1.82) is 0 Å². The van der Waals surface area contributed by atoms with Crippen LogP contribution in [0.4, 0.5) is 5.69 Å². The van der Waals surface area contributed by atoms with Gasteiger partial charge in [-0.05, 0) is 25.1 Å². The quantitative estimate of drug-likeness (QED) is 0.630. The largest absolute Gasteiger partial charge is 0.365 e. The smallest absolute Gasteiger partial charge is 0.0634 e. The molecule has 15 heavy (non-hydrogen) atoms. The van der Waals surface area contributed by atoms with E-state index < -0.39 is 0 Å². The van der Waals surface area contributed by atoms with E-state index >= 15 is 0 Å². The molecule has 1 N–H and O–H groups in total. The van der Waals surface area contributed by atoms with Crippen LogP contribution in [0.1, 0.15) is 0 Å². The van der Waals surface area contributed by atoms with Crippen LogP contribution in [0.25, 0.3) is 0 Å². The number of benzene rings is 2. The van der Waals surface area contributed by atoms with Crippen LogP contribution in [-0.2, 0) is 0 Å². The average molecular weight is 231 g/mol. The van der Waals surface area contributed by atoms with E-state index in [1.54, 1.807) is 0 Å². The summed E-state index contributed by atoms with van der Waals surface area (Å²) in [7, 11) is 1.00. The van der Waals surface area contributed by atoms with Crippen LogP contribution >= 0.6 is 7.62 Å². The van der Waals surface area contributed by atoms with Gasteiger partial charge in [-0.15, -0.1) is 0 Å². The van der Waals surface area contributed by atoms with Gasteiger partial charge in [-0.25, -0.2) is 0 Å². The Kier molecular flexibility index (Phi) is 3.54. The number of anilines is 1. The normalized spacial score (nSPS) is 12.3. The minimum absolute atomic E-state index is 0.163. The molecule has 1 atom stereocenters. The lowest BCUT2D eigenvalue weighted by atomic mass is 10.3. The molecular weight excluding hydrogens is 217 g/mol. The molecule has 0 amide bonds. The van der Waals surface area contributed by atoms with Crippen molar-refractivity contribution in [2.75, 3.05) is 5.09 Å². The van der Waals surface area contributed by atoms with Crippen molar-refractivity contribution in [3.05, 3.63) is 60.7 Å². The van der Waals surface area contributed by atoms with Crippen molar-refractivity contribution in [1.82, 2.24) is 0 Å². The number of hydrogen-bond acceptors (Lipinski definition) is 1. The highest BCUT2D eigenvalue weighted by Gasteiger charge is 2.02. The van der Waals surface area contributed by atoms with Gasteiger partial charge in [-0.1, -0.05) is 48.5 Å². The highest BCUT2D eigenvalue weighted by Crippen LogP contribution is 2.29. The summed E-state index contributed by atoms with van der Waals surface area (Å²) in [5, 5.41) is 5.02. The third-order valence-corrected chi connectivity index (χ3v) is 6.10. The molecule has 2 rings (SSSR count). The number of nitrogens with one attached hydrogen (secondary N) is 1. The van der Waals surface area contributed by atoms with E-state index in [-0.39, 0.29) is 7.62 Å². The standard InChI is InChI=1S/C12H14NPSi/c15-14(12-9-5-2-6-10-12)13-11-7-3-1-4-8-11/h1-10,13H,15H3. The van der Waals surface area contributed by atoms with Crippen molar-refractivity contribution in [2.24, 2.45) is 0 Å². The Morgan fingerprint density at radius 3 is 1.93 bits per heavy atom. The molecule has 76 valence electrons. The second kappa shape index (κ2) is 5.10. The zero-order valence-corrected chi connectivity index (χ0v) is 11.6. The maximum Gasteiger partial charge on any atom is 0.0634 e. The SMILES string of the molecule is [SiH3]P(Nc1ccccc1)c1ccccc1. The lowest BCUT2D eigenvalue weighted by Gasteiger charge is -2.15. The van der Waals surface area contributed by atoms with Crippen LogP contribution in [-0.4, -0.2) is 9.91 Å². The van der Waals surface area contributed by atoms with E-state index in [9.17, 15) is 0 Å². The Bertz CT molecular complexity index is 404. The summed E-state index contributed by atoms with van der Waals surface area (Å²) in [5.41, 5.74) is 1.22. The number of para-hydroxylation sites is 1. The third-order valence-electron chi connectivity index (χ3n) is 2.21. The molecule has 0 saturated carbocycles. The summed E-state index contributed by atoms with van der Waals surface area (Å²) in [6, 6.07) is 21.1. The molecule has 0 heterocycles. The molecule has 2 aromatic rings. The Labute approximate surface area is 94.6 Å². The second-order valence-electron chi connectivity index (χ2n) is 3.37. The topological polar surface area (TPSA) is 12.0 Å². The summed E-state index contributed by atoms with van der Waals surface area (Å²) < 4.78 is 0. The Morgan fingerprint density at radius 1 is 0.800 bits per heavy atom. The van der Waals surface area contributed by atoms with Gasteiger partial charge in [0.15, 0.2) is 0 Å². The molecule has 0 aromatic heterocycles. The van der Waals surface area contributed by atoms with Crippen LogP contribution in [0.5, 0.6) is 0 Å². The fourth-order valence-electron chi connectivity index (χ4n) is 1.42. The van der Waals surface area contributed by atoms with Gasteiger partial charge in [0.25, 0.3) is 0 Å². The molecule has 0 fully saturated rings. The lowest BCUT2D eigenvalue weighted by molar-refractivity contribution is 1.68. The first-order valence-corrected chi connectivity index (χ1v) is 9.44. The molecule has 0 saturated heterocycles. The van der Waals surface area contributed by atoms with Crippen molar-refractivity contribution >= 4 is 28.5 Å². The minimum Gasteiger partial charge on any atom is -0.365 e. The summed E-state index contributed by atoms with van der Waals surface area (Å²) in [6.07, 6.45) is 0. The summed E-state index contributed by atoms with van der Waals surface area (Å²) in [6.45, 7) is 0. The molecule has 0 spiro atoms. The monoisotopic (exact) mass is 231 g/mol. The molecule has 1 unspecified atom stereocenters. The molecule has 1 nitrogen and oxygen atoms in total. The maximum atomic E-state index is 3.58. The predicted molar refractivity (Wildman–Crippen MR) is 73.0 cm³/mol. The van der Waals surface area contributed by atoms with Crippen molar-refractivity contribution in [3.63, 3.8) is 0 Å². The third kappa shape index (κ3) is 2.92. The van der Waals surface area contributed by atoms with Gasteiger partial charge < -0.3 is 5.09 Å². The van der Waals surface area contributed by atoms with Crippen LogP contribution < -0.4 is 10.4 Å². The number of rotatable bonds is 3. The Morgan fingerprint density at radius 2 is 1.33 bits per heavy atom. The van der Waals surface area contributed by atoms with E-state index in [4.69, 9.17) is 0 Å². The van der Waals surface area contributed by atoms with Crippen LogP contribution in [0, 0.1) is 0 Å². The fraction of sp³-hybridized carbons (Fsp3) is 0. The summed E-state index contributed by atoms with van der Waals surface area (Å²) in [5.74, 6) is 0. The molecule has 2 aromatic carbocycles. The van der Waals surface area contributed by atoms with Gasteiger partial charge in [-0.3, -0.25) is 0 Å². The van der Waals surface area contributed by atoms with Gasteiger partial charge in [0.2, 0.25) is 0 Å². The van der Waals surface area contributed by atoms with Gasteiger partial charge in [0.1, 0.15) is 0 Å². The zero-order valence-electron chi connectivity index (χ0n) is 8.72. The maximum absolute atomic E-state index is 3.58. The van der Waals surface area contributed by atoms with Crippen molar-refractivity contribution in [3.8, 4) is 0 Å². The number of hydrogen-bond donors (Lipinski definition) is 1. The highest BCUT2D eigenvalue weighted by molar-refractivity contribution is 7.89. The first-order valence-electron chi connectivity index (χ1n) is 4.97. The van der Waals surface area contributed by atoms with Crippen molar-refractivity contribution in [2.45, 2.75) is 0 Å². The first-order chi connectivity index (χ1) is 7.36. The van der Waals surface area contributed by atoms with E-state index in [1.807, 2.05) is 6.07 Å². The van der Waals surface area contributed by atoms with E-state index in [0.29, 0.717) is 0 Å². The van der Waals surface area contributed by atoms with Crippen LogP contribution in [0.15, 0.2) is 60.7 Å². The summed E-state index contributed by atoms with van der Waals surface area (Å²) in [4.78, 5) is 0. The van der Waals surface area contributed by atoms with Gasteiger partial charge >= 0.3 is 0 Å². The molecule has 0 aliphatic carbocycles. The average Bonchev–Trinajstić information content (AvgIpc) is 2.31. The zero-order chi connectivity index (χ0) is 10.5. The molecular formula is C12H14NPSi. The predicted octanol–water partition coefficient (Wildman–Crippen LogP) is 2.10. The van der Waals surface area contributed by atoms with E-state index in [1.165, 1.54) is 20.9 Å². The van der Waals surface area contributed by atoms with Gasteiger partial charge in [-0.2, -0.15) is 0 Å². The fourth-order valence-corrected chi connectivity index (χ4v) is 4.38. The second-order valence-corrected chi connectivity index (χ2v) is 7.91. The van der Waals surface area contributed by atoms with Gasteiger partial charge in [0, 0.05) is 5.69 Å². The Hall–Kier alpha value is -1.11. The molecule has 0 aliphatic rings. The minimum atomic E-state index is -0.163. The van der Waals surface area contributed by atoms with Crippen molar-refractivity contribution < 1.29 is 0 Å². The van der Waals surface area contributed by atoms with E-state index in [0.717, 1.165) is 0 Å². The lowest BCUT2D eigenvalue weighted by Crippen LogP contribution is -2.06. The Balaban J connectivity index is 2.08. The summed E-state index contributed by atoms with van der Waals surface area (Å²) >= 11 is 0. The van der Waals surface area contributed by atoms with Crippen LogP contribution in [0.3, 0.4) is 0 Å². The van der Waals surface area contributed by atoms with Crippen LogP contribution in [0.2, 0.25) is 0 Å². The highest BCUT2D eigenvalue weighted by atomic mass is 31.4. The molecule has 0 aliphatic heterocycles. The van der Waals surface area contributed by atoms with Gasteiger partial charge in [0.05, 0.1) is 9.91 Å². The molecule has 0 radical (unpaired) electrons.